The number of carbonyl (C=O) groups is 1. The maximum atomic E-state index is 11.6. The fourth-order valence-corrected chi connectivity index (χ4v) is 1.18. The van der Waals surface area contributed by atoms with E-state index in [4.69, 9.17) is 5.26 Å². The van der Waals surface area contributed by atoms with E-state index >= 15 is 0 Å². The van der Waals surface area contributed by atoms with Crippen LogP contribution in [0.15, 0.2) is 18.3 Å². The molecule has 78 valence electrons. The standard InChI is InChI=1S/C11H13N3O/c1-8(3-5-12)14-11(15)10-4-6-13-9(2)7-10/h4,6-8H,3H2,1-2H3,(H,14,15). The molecule has 0 aliphatic heterocycles. The van der Waals surface area contributed by atoms with Crippen molar-refractivity contribution < 1.29 is 4.79 Å². The van der Waals surface area contributed by atoms with E-state index < -0.39 is 0 Å². The molecular weight excluding hydrogens is 190 g/mol. The first-order valence-electron chi connectivity index (χ1n) is 4.74. The van der Waals surface area contributed by atoms with E-state index in [1.807, 2.05) is 13.0 Å². The Labute approximate surface area is 88.9 Å². The van der Waals surface area contributed by atoms with Gasteiger partial charge < -0.3 is 5.32 Å². The lowest BCUT2D eigenvalue weighted by atomic mass is 10.2. The van der Waals surface area contributed by atoms with Crippen LogP contribution in [0.1, 0.15) is 29.4 Å². The van der Waals surface area contributed by atoms with Crippen molar-refractivity contribution in [2.24, 2.45) is 0 Å². The highest BCUT2D eigenvalue weighted by molar-refractivity contribution is 5.94. The van der Waals surface area contributed by atoms with Crippen LogP contribution >= 0.6 is 0 Å². The van der Waals surface area contributed by atoms with E-state index in [9.17, 15) is 4.79 Å². The van der Waals surface area contributed by atoms with Gasteiger partial charge in [0.25, 0.3) is 5.91 Å². The van der Waals surface area contributed by atoms with Crippen LogP contribution in [0.4, 0.5) is 0 Å². The Morgan fingerprint density at radius 1 is 1.73 bits per heavy atom. The molecule has 0 bridgehead atoms. The summed E-state index contributed by atoms with van der Waals surface area (Å²) < 4.78 is 0. The minimum absolute atomic E-state index is 0.129. The lowest BCUT2D eigenvalue weighted by molar-refractivity contribution is 0.0940. The van der Waals surface area contributed by atoms with Gasteiger partial charge in [-0.25, -0.2) is 0 Å². The van der Waals surface area contributed by atoms with Gasteiger partial charge in [-0.2, -0.15) is 5.26 Å². The molecule has 0 aliphatic rings. The second-order valence-corrected chi connectivity index (χ2v) is 3.42. The molecule has 1 atom stereocenters. The van der Waals surface area contributed by atoms with E-state index in [-0.39, 0.29) is 11.9 Å². The Bertz CT molecular complexity index is 395. The summed E-state index contributed by atoms with van der Waals surface area (Å²) in [5.74, 6) is -0.164. The summed E-state index contributed by atoms with van der Waals surface area (Å²) in [6.07, 6.45) is 1.91. The van der Waals surface area contributed by atoms with Gasteiger partial charge in [-0.3, -0.25) is 9.78 Å². The SMILES string of the molecule is Cc1cc(C(=O)NC(C)CC#N)ccn1. The van der Waals surface area contributed by atoms with Crippen molar-refractivity contribution in [3.8, 4) is 6.07 Å². The summed E-state index contributed by atoms with van der Waals surface area (Å²) in [5, 5.41) is 11.2. The second kappa shape index (κ2) is 5.11. The molecule has 1 heterocycles. The van der Waals surface area contributed by atoms with Crippen molar-refractivity contribution in [2.45, 2.75) is 26.3 Å². The molecule has 0 radical (unpaired) electrons. The summed E-state index contributed by atoms with van der Waals surface area (Å²) in [6.45, 7) is 3.63. The van der Waals surface area contributed by atoms with Crippen molar-refractivity contribution in [1.82, 2.24) is 10.3 Å². The molecule has 1 aromatic rings. The summed E-state index contributed by atoms with van der Waals surface area (Å²) in [7, 11) is 0. The minimum atomic E-state index is -0.164. The van der Waals surface area contributed by atoms with Gasteiger partial charge >= 0.3 is 0 Å². The van der Waals surface area contributed by atoms with Crippen LogP contribution in [0.2, 0.25) is 0 Å². The molecule has 1 amide bonds. The van der Waals surface area contributed by atoms with E-state index in [1.54, 1.807) is 25.3 Å². The second-order valence-electron chi connectivity index (χ2n) is 3.42. The first-order chi connectivity index (χ1) is 7.13. The third-order valence-electron chi connectivity index (χ3n) is 1.93. The number of nitrogens with zero attached hydrogens (tertiary/aromatic N) is 2. The molecule has 4 nitrogen and oxygen atoms in total. The zero-order valence-corrected chi connectivity index (χ0v) is 8.82. The number of nitrogens with one attached hydrogen (secondary N) is 1. The van der Waals surface area contributed by atoms with Crippen molar-refractivity contribution >= 4 is 5.91 Å². The summed E-state index contributed by atoms with van der Waals surface area (Å²) in [5.41, 5.74) is 1.38. The third kappa shape index (κ3) is 3.39. The van der Waals surface area contributed by atoms with Gasteiger partial charge in [0.1, 0.15) is 0 Å². The quantitative estimate of drug-likeness (QED) is 0.808. The van der Waals surface area contributed by atoms with Gasteiger partial charge in [-0.05, 0) is 26.0 Å². The number of hydrogen-bond donors (Lipinski definition) is 1. The smallest absolute Gasteiger partial charge is 0.251 e. The third-order valence-corrected chi connectivity index (χ3v) is 1.93. The van der Waals surface area contributed by atoms with Crippen LogP contribution in [0.3, 0.4) is 0 Å². The zero-order chi connectivity index (χ0) is 11.3. The maximum absolute atomic E-state index is 11.6. The minimum Gasteiger partial charge on any atom is -0.349 e. The Morgan fingerprint density at radius 3 is 3.07 bits per heavy atom. The van der Waals surface area contributed by atoms with Gasteiger partial charge in [0.15, 0.2) is 0 Å². The summed E-state index contributed by atoms with van der Waals surface area (Å²) >= 11 is 0. The number of aryl methyl sites for hydroxylation is 1. The van der Waals surface area contributed by atoms with Crippen molar-refractivity contribution in [2.75, 3.05) is 0 Å². The molecular formula is C11H13N3O. The molecule has 0 aliphatic carbocycles. The van der Waals surface area contributed by atoms with Crippen LogP contribution < -0.4 is 5.32 Å². The normalized spacial score (nSPS) is 11.5. The lowest BCUT2D eigenvalue weighted by Gasteiger charge is -2.10. The van der Waals surface area contributed by atoms with Crippen LogP contribution in [-0.4, -0.2) is 16.9 Å². The van der Waals surface area contributed by atoms with E-state index in [0.29, 0.717) is 12.0 Å². The highest BCUT2D eigenvalue weighted by Crippen LogP contribution is 2.01. The summed E-state index contributed by atoms with van der Waals surface area (Å²) in [6, 6.07) is 5.25. The topological polar surface area (TPSA) is 65.8 Å². The molecule has 1 aromatic heterocycles. The monoisotopic (exact) mass is 203 g/mol. The van der Waals surface area contributed by atoms with Crippen LogP contribution in [-0.2, 0) is 0 Å². The number of pyridine rings is 1. The van der Waals surface area contributed by atoms with Gasteiger partial charge in [0.05, 0.1) is 12.5 Å². The zero-order valence-electron chi connectivity index (χ0n) is 8.82. The average Bonchev–Trinajstić information content (AvgIpc) is 2.18. The first-order valence-corrected chi connectivity index (χ1v) is 4.74. The molecule has 0 spiro atoms. The number of carbonyl (C=O) groups excluding carboxylic acids is 1. The maximum Gasteiger partial charge on any atom is 0.251 e. The Kier molecular flexibility index (Phi) is 3.81. The summed E-state index contributed by atoms with van der Waals surface area (Å²) in [4.78, 5) is 15.6. The lowest BCUT2D eigenvalue weighted by Crippen LogP contribution is -2.32. The highest BCUT2D eigenvalue weighted by Gasteiger charge is 2.09. The fourth-order valence-electron chi connectivity index (χ4n) is 1.18. The van der Waals surface area contributed by atoms with Gasteiger partial charge in [0.2, 0.25) is 0 Å². The van der Waals surface area contributed by atoms with Crippen molar-refractivity contribution in [3.63, 3.8) is 0 Å². The average molecular weight is 203 g/mol. The molecule has 0 aromatic carbocycles. The molecule has 15 heavy (non-hydrogen) atoms. The first kappa shape index (κ1) is 11.2. The number of amides is 1. The number of aromatic nitrogens is 1. The van der Waals surface area contributed by atoms with Crippen molar-refractivity contribution in [1.29, 1.82) is 5.26 Å². The van der Waals surface area contributed by atoms with Gasteiger partial charge in [-0.1, -0.05) is 0 Å². The van der Waals surface area contributed by atoms with E-state index in [1.165, 1.54) is 0 Å². The molecule has 1 unspecified atom stereocenters. The fraction of sp³-hybridized carbons (Fsp3) is 0.364. The van der Waals surface area contributed by atoms with E-state index in [0.717, 1.165) is 5.69 Å². The molecule has 1 N–H and O–H groups in total. The predicted molar refractivity (Wildman–Crippen MR) is 56.1 cm³/mol. The Balaban J connectivity index is 2.66. The number of nitriles is 1. The predicted octanol–water partition coefficient (Wildman–Crippen LogP) is 1.42. The molecule has 4 heteroatoms. The van der Waals surface area contributed by atoms with E-state index in [2.05, 4.69) is 10.3 Å². The number of rotatable bonds is 3. The van der Waals surface area contributed by atoms with Crippen LogP contribution in [0.25, 0.3) is 0 Å². The molecule has 1 rings (SSSR count). The largest absolute Gasteiger partial charge is 0.349 e. The van der Waals surface area contributed by atoms with Gasteiger partial charge in [-0.15, -0.1) is 0 Å². The molecule has 0 saturated heterocycles. The van der Waals surface area contributed by atoms with Crippen LogP contribution in [0.5, 0.6) is 0 Å². The Hall–Kier alpha value is -1.89. The molecule has 0 saturated carbocycles. The van der Waals surface area contributed by atoms with Gasteiger partial charge in [0, 0.05) is 23.5 Å². The number of hydrogen-bond acceptors (Lipinski definition) is 3. The molecule has 0 fully saturated rings. The van der Waals surface area contributed by atoms with Crippen molar-refractivity contribution in [3.05, 3.63) is 29.6 Å². The Morgan fingerprint density at radius 2 is 2.47 bits per heavy atom. The highest BCUT2D eigenvalue weighted by atomic mass is 16.1. The van der Waals surface area contributed by atoms with Crippen LogP contribution in [0, 0.1) is 18.3 Å².